The summed E-state index contributed by atoms with van der Waals surface area (Å²) in [4.78, 5) is 26.2. The van der Waals surface area contributed by atoms with Crippen molar-refractivity contribution in [3.8, 4) is 11.5 Å². The minimum atomic E-state index is -0.988. The molecule has 6 heteroatoms. The van der Waals surface area contributed by atoms with Crippen molar-refractivity contribution in [1.82, 2.24) is 0 Å². The molecular weight excluding hydrogens is 346 g/mol. The van der Waals surface area contributed by atoms with E-state index < -0.39 is 29.5 Å². The Bertz CT molecular complexity index is 939. The first-order valence-electron chi connectivity index (χ1n) is 8.82. The monoisotopic (exact) mass is 363 g/mol. The first-order chi connectivity index (χ1) is 13.1. The van der Waals surface area contributed by atoms with Crippen LogP contribution in [-0.2, 0) is 14.3 Å². The number of carbonyl (C=O) groups excluding carboxylic acids is 1. The molecule has 0 aromatic heterocycles. The van der Waals surface area contributed by atoms with Gasteiger partial charge in [0.1, 0.15) is 23.0 Å². The SMILES string of the molecule is O=C(O)[C@H]1[C@H]2C(=O)N(c3ccc(Oc4ccccc4)cc3)C[C@@]23C=C[C@H]1O3. The normalized spacial score (nSPS) is 30.6. The van der Waals surface area contributed by atoms with E-state index in [1.165, 1.54) is 0 Å². The van der Waals surface area contributed by atoms with Gasteiger partial charge in [0, 0.05) is 5.69 Å². The zero-order valence-electron chi connectivity index (χ0n) is 14.3. The van der Waals surface area contributed by atoms with Gasteiger partial charge >= 0.3 is 5.97 Å². The number of hydrogen-bond acceptors (Lipinski definition) is 4. The molecule has 3 aliphatic heterocycles. The van der Waals surface area contributed by atoms with Gasteiger partial charge in [-0.1, -0.05) is 30.4 Å². The first-order valence-corrected chi connectivity index (χ1v) is 8.82. The summed E-state index contributed by atoms with van der Waals surface area (Å²) in [7, 11) is 0. The topological polar surface area (TPSA) is 76.1 Å². The van der Waals surface area contributed by atoms with Gasteiger partial charge in [-0.3, -0.25) is 9.59 Å². The Labute approximate surface area is 155 Å². The molecule has 27 heavy (non-hydrogen) atoms. The maximum Gasteiger partial charge on any atom is 0.310 e. The molecule has 0 unspecified atom stereocenters. The number of amides is 1. The number of ether oxygens (including phenoxy) is 2. The van der Waals surface area contributed by atoms with Gasteiger partial charge in [-0.2, -0.15) is 0 Å². The van der Waals surface area contributed by atoms with Crippen molar-refractivity contribution >= 4 is 17.6 Å². The second kappa shape index (κ2) is 5.69. The Morgan fingerprint density at radius 2 is 1.81 bits per heavy atom. The number of aliphatic carboxylic acids is 1. The van der Waals surface area contributed by atoms with Crippen molar-refractivity contribution in [2.24, 2.45) is 11.8 Å². The average molecular weight is 363 g/mol. The van der Waals surface area contributed by atoms with Crippen LogP contribution < -0.4 is 9.64 Å². The molecule has 2 fully saturated rings. The van der Waals surface area contributed by atoms with Gasteiger partial charge in [-0.15, -0.1) is 0 Å². The molecule has 0 saturated carbocycles. The molecule has 3 heterocycles. The van der Waals surface area contributed by atoms with Crippen LogP contribution in [0.25, 0.3) is 0 Å². The number of nitrogens with zero attached hydrogens (tertiary/aromatic N) is 1. The molecule has 3 aliphatic rings. The van der Waals surface area contributed by atoms with Crippen molar-refractivity contribution in [3.05, 3.63) is 66.7 Å². The summed E-state index contributed by atoms with van der Waals surface area (Å²) in [6.07, 6.45) is 3.11. The van der Waals surface area contributed by atoms with E-state index in [1.807, 2.05) is 36.4 Å². The summed E-state index contributed by atoms with van der Waals surface area (Å²) in [5.41, 5.74) is -0.127. The van der Waals surface area contributed by atoms with E-state index in [2.05, 4.69) is 0 Å². The Morgan fingerprint density at radius 1 is 1.11 bits per heavy atom. The first kappa shape index (κ1) is 16.1. The highest BCUT2D eigenvalue weighted by atomic mass is 16.5. The Kier molecular flexibility index (Phi) is 3.39. The van der Waals surface area contributed by atoms with Crippen molar-refractivity contribution in [2.75, 3.05) is 11.4 Å². The maximum absolute atomic E-state index is 13.0. The predicted octanol–water partition coefficient (Wildman–Crippen LogP) is 2.85. The van der Waals surface area contributed by atoms with Gasteiger partial charge in [-0.25, -0.2) is 0 Å². The highest BCUT2D eigenvalue weighted by molar-refractivity contribution is 6.02. The van der Waals surface area contributed by atoms with Crippen LogP contribution in [0, 0.1) is 11.8 Å². The molecule has 1 amide bonds. The number of carboxylic acid groups (broad SMARTS) is 1. The van der Waals surface area contributed by atoms with E-state index in [4.69, 9.17) is 9.47 Å². The van der Waals surface area contributed by atoms with Crippen LogP contribution in [0.4, 0.5) is 5.69 Å². The summed E-state index contributed by atoms with van der Waals surface area (Å²) in [6, 6.07) is 16.6. The Hall–Kier alpha value is -3.12. The molecule has 4 atom stereocenters. The van der Waals surface area contributed by atoms with Gasteiger partial charge in [0.15, 0.2) is 0 Å². The molecule has 2 bridgehead atoms. The van der Waals surface area contributed by atoms with Crippen molar-refractivity contribution in [2.45, 2.75) is 11.7 Å². The number of rotatable bonds is 4. The number of para-hydroxylation sites is 1. The molecule has 1 spiro atoms. The summed E-state index contributed by atoms with van der Waals surface area (Å²) in [5, 5.41) is 9.53. The molecule has 0 aliphatic carbocycles. The van der Waals surface area contributed by atoms with E-state index in [0.29, 0.717) is 18.0 Å². The fraction of sp³-hybridized carbons (Fsp3) is 0.238. The molecule has 6 nitrogen and oxygen atoms in total. The summed E-state index contributed by atoms with van der Waals surface area (Å²) >= 11 is 0. The number of carbonyl (C=O) groups is 2. The highest BCUT2D eigenvalue weighted by Crippen LogP contribution is 2.52. The van der Waals surface area contributed by atoms with Crippen LogP contribution in [0.5, 0.6) is 11.5 Å². The van der Waals surface area contributed by atoms with Gasteiger partial charge in [0.2, 0.25) is 5.91 Å². The van der Waals surface area contributed by atoms with Crippen LogP contribution in [0.2, 0.25) is 0 Å². The lowest BCUT2D eigenvalue weighted by Gasteiger charge is -2.21. The van der Waals surface area contributed by atoms with E-state index in [-0.39, 0.29) is 5.91 Å². The number of anilines is 1. The third-order valence-corrected chi connectivity index (χ3v) is 5.51. The smallest absolute Gasteiger partial charge is 0.310 e. The molecule has 2 aromatic rings. The molecular formula is C21H17NO5. The van der Waals surface area contributed by atoms with Crippen molar-refractivity contribution in [3.63, 3.8) is 0 Å². The maximum atomic E-state index is 13.0. The molecule has 136 valence electrons. The fourth-order valence-electron chi connectivity index (χ4n) is 4.32. The third-order valence-electron chi connectivity index (χ3n) is 5.51. The number of hydrogen-bond donors (Lipinski definition) is 1. The van der Waals surface area contributed by atoms with E-state index in [9.17, 15) is 14.7 Å². The number of carboxylic acids is 1. The molecule has 0 radical (unpaired) electrons. The molecule has 2 saturated heterocycles. The highest BCUT2D eigenvalue weighted by Gasteiger charge is 2.67. The minimum absolute atomic E-state index is 0.203. The van der Waals surface area contributed by atoms with E-state index >= 15 is 0 Å². The van der Waals surface area contributed by atoms with E-state index in [1.54, 1.807) is 35.2 Å². The summed E-state index contributed by atoms with van der Waals surface area (Å²) in [6.45, 7) is 0.326. The van der Waals surface area contributed by atoms with Crippen LogP contribution in [-0.4, -0.2) is 35.2 Å². The quantitative estimate of drug-likeness (QED) is 0.846. The van der Waals surface area contributed by atoms with Crippen molar-refractivity contribution < 1.29 is 24.2 Å². The zero-order valence-corrected chi connectivity index (χ0v) is 14.3. The van der Waals surface area contributed by atoms with Gasteiger partial charge in [-0.05, 0) is 36.4 Å². The lowest BCUT2D eigenvalue weighted by atomic mass is 9.77. The summed E-state index contributed by atoms with van der Waals surface area (Å²) < 4.78 is 11.7. The molecule has 2 aromatic carbocycles. The second-order valence-corrected chi connectivity index (χ2v) is 7.07. The van der Waals surface area contributed by atoms with Gasteiger partial charge in [0.25, 0.3) is 0 Å². The van der Waals surface area contributed by atoms with Crippen molar-refractivity contribution in [1.29, 1.82) is 0 Å². The lowest BCUT2D eigenvalue weighted by molar-refractivity contribution is -0.146. The zero-order chi connectivity index (χ0) is 18.6. The Balaban J connectivity index is 1.39. The van der Waals surface area contributed by atoms with Crippen LogP contribution >= 0.6 is 0 Å². The van der Waals surface area contributed by atoms with Crippen LogP contribution in [0.15, 0.2) is 66.7 Å². The lowest BCUT2D eigenvalue weighted by Crippen LogP contribution is -2.39. The largest absolute Gasteiger partial charge is 0.481 e. The Morgan fingerprint density at radius 3 is 2.52 bits per heavy atom. The van der Waals surface area contributed by atoms with Crippen LogP contribution in [0.3, 0.4) is 0 Å². The fourth-order valence-corrected chi connectivity index (χ4v) is 4.32. The average Bonchev–Trinajstić information content (AvgIpc) is 3.31. The predicted molar refractivity (Wildman–Crippen MR) is 96.7 cm³/mol. The number of fused-ring (bicyclic) bond motifs is 1. The third kappa shape index (κ3) is 2.37. The van der Waals surface area contributed by atoms with E-state index in [0.717, 1.165) is 5.75 Å². The number of benzene rings is 2. The molecule has 1 N–H and O–H groups in total. The van der Waals surface area contributed by atoms with Crippen LogP contribution in [0.1, 0.15) is 0 Å². The van der Waals surface area contributed by atoms with Gasteiger partial charge in [0.05, 0.1) is 18.6 Å². The van der Waals surface area contributed by atoms with Gasteiger partial charge < -0.3 is 19.5 Å². The second-order valence-electron chi connectivity index (χ2n) is 7.07. The molecule has 5 rings (SSSR count). The summed E-state index contributed by atoms with van der Waals surface area (Å²) in [5.74, 6) is -1.30. The minimum Gasteiger partial charge on any atom is -0.481 e. The standard InChI is InChI=1S/C21H17NO5/c23-19-18-17(20(24)25)16-10-11-21(18,27-16)12-22(19)13-6-8-15(9-7-13)26-14-4-2-1-3-5-14/h1-11,16-18H,12H2,(H,24,25)/t16-,17-,18+,21+/m1/s1.